The molecular weight excluding hydrogens is 403 g/mol. The monoisotopic (exact) mass is 420 g/mol. The van der Waals surface area contributed by atoms with Crippen LogP contribution in [0.25, 0.3) is 5.65 Å². The largest absolute Gasteiger partial charge is 0.489 e. The van der Waals surface area contributed by atoms with Gasteiger partial charge in [-0.2, -0.15) is 0 Å². The summed E-state index contributed by atoms with van der Waals surface area (Å²) in [5.74, 6) is 0.418. The lowest BCUT2D eigenvalue weighted by atomic mass is 10.3. The number of imidazole rings is 1. The van der Waals surface area contributed by atoms with Crippen molar-refractivity contribution in [1.29, 1.82) is 0 Å². The van der Waals surface area contributed by atoms with Gasteiger partial charge < -0.3 is 4.74 Å². The Morgan fingerprint density at radius 3 is 2.62 bits per heavy atom. The molecule has 0 N–H and O–H groups in total. The van der Waals surface area contributed by atoms with Crippen LogP contribution in [0.15, 0.2) is 23.4 Å². The summed E-state index contributed by atoms with van der Waals surface area (Å²) < 4.78 is 33.3. The first-order chi connectivity index (χ1) is 9.70. The lowest BCUT2D eigenvalue weighted by molar-refractivity contribution is 0.294. The number of hydrogen-bond acceptors (Lipinski definition) is 4. The number of hydrogen-bond donors (Lipinski definition) is 0. The van der Waals surface area contributed by atoms with Gasteiger partial charge in [0.15, 0.2) is 9.84 Å². The average Bonchev–Trinajstić information content (AvgIpc) is 3.11. The smallest absolute Gasteiger partial charge is 0.188 e. The molecule has 1 aliphatic carbocycles. The fourth-order valence-corrected chi connectivity index (χ4v) is 3.75. The van der Waals surface area contributed by atoms with Crippen LogP contribution in [-0.2, 0) is 9.84 Å². The molecule has 2 aromatic rings. The van der Waals surface area contributed by atoms with Crippen molar-refractivity contribution in [3.8, 4) is 5.75 Å². The van der Waals surface area contributed by atoms with Crippen LogP contribution in [0.3, 0.4) is 0 Å². The maximum Gasteiger partial charge on any atom is 0.188 e. The molecule has 0 radical (unpaired) electrons. The second-order valence-corrected chi connectivity index (χ2v) is 10.0. The highest BCUT2D eigenvalue weighted by molar-refractivity contribution is 14.1. The quantitative estimate of drug-likeness (QED) is 0.717. The summed E-state index contributed by atoms with van der Waals surface area (Å²) in [6, 6.07) is 1.72. The fourth-order valence-electron chi connectivity index (χ4n) is 1.95. The lowest BCUT2D eigenvalue weighted by Gasteiger charge is -2.21. The van der Waals surface area contributed by atoms with Crippen LogP contribution in [0.4, 0.5) is 0 Å². The minimum Gasteiger partial charge on any atom is -0.489 e. The van der Waals surface area contributed by atoms with Crippen molar-refractivity contribution in [1.82, 2.24) is 9.38 Å². The van der Waals surface area contributed by atoms with Crippen LogP contribution < -0.4 is 4.74 Å². The van der Waals surface area contributed by atoms with Gasteiger partial charge in [0.05, 0.1) is 17.0 Å². The fraction of sp³-hybridized carbons (Fsp3) is 0.500. The topological polar surface area (TPSA) is 60.7 Å². The molecule has 0 bridgehead atoms. The van der Waals surface area contributed by atoms with Crippen molar-refractivity contribution in [3.63, 3.8) is 0 Å². The predicted octanol–water partition coefficient (Wildman–Crippen LogP) is 3.05. The first-order valence-electron chi connectivity index (χ1n) is 6.78. The summed E-state index contributed by atoms with van der Waals surface area (Å²) in [7, 11) is -3.49. The molecule has 5 nitrogen and oxygen atoms in total. The highest BCUT2D eigenvalue weighted by atomic mass is 127. The number of pyridine rings is 1. The van der Waals surface area contributed by atoms with E-state index in [2.05, 4.69) is 27.6 Å². The Morgan fingerprint density at radius 1 is 1.38 bits per heavy atom. The molecule has 0 aliphatic heterocycles. The molecule has 7 heteroatoms. The molecule has 0 spiro atoms. The van der Waals surface area contributed by atoms with Gasteiger partial charge in [-0.1, -0.05) is 0 Å². The first kappa shape index (κ1) is 15.1. The zero-order valence-electron chi connectivity index (χ0n) is 12.1. The molecule has 0 saturated heterocycles. The van der Waals surface area contributed by atoms with E-state index in [0.29, 0.717) is 11.4 Å². The number of sulfone groups is 1. The van der Waals surface area contributed by atoms with Crippen LogP contribution in [0, 0.1) is 3.70 Å². The van der Waals surface area contributed by atoms with E-state index in [1.165, 1.54) is 0 Å². The summed E-state index contributed by atoms with van der Waals surface area (Å²) in [5, 5.41) is 0. The van der Waals surface area contributed by atoms with Gasteiger partial charge in [-0.05, 0) is 56.2 Å². The van der Waals surface area contributed by atoms with Crippen molar-refractivity contribution < 1.29 is 13.2 Å². The highest BCUT2D eigenvalue weighted by Crippen LogP contribution is 2.36. The Bertz CT molecular complexity index is 801. The number of fused-ring (bicyclic) bond motifs is 1. The maximum atomic E-state index is 12.8. The molecule has 114 valence electrons. The molecule has 0 aromatic carbocycles. The molecule has 1 saturated carbocycles. The Balaban J connectivity index is 2.24. The van der Waals surface area contributed by atoms with Gasteiger partial charge in [0, 0.05) is 12.3 Å². The number of ether oxygens (including phenoxy) is 1. The van der Waals surface area contributed by atoms with E-state index in [1.54, 1.807) is 43.6 Å². The van der Waals surface area contributed by atoms with Gasteiger partial charge in [0.1, 0.15) is 20.0 Å². The van der Waals surface area contributed by atoms with Crippen LogP contribution in [0.2, 0.25) is 0 Å². The minimum absolute atomic E-state index is 0.135. The van der Waals surface area contributed by atoms with Crippen LogP contribution in [0.1, 0.15) is 33.6 Å². The number of nitrogens with zero attached hydrogens (tertiary/aromatic N) is 2. The normalized spacial score (nSPS) is 16.4. The van der Waals surface area contributed by atoms with E-state index < -0.39 is 14.6 Å². The first-order valence-corrected chi connectivity index (χ1v) is 9.34. The highest BCUT2D eigenvalue weighted by Gasteiger charge is 2.36. The Kier molecular flexibility index (Phi) is 3.47. The summed E-state index contributed by atoms with van der Waals surface area (Å²) >= 11 is 2.13. The van der Waals surface area contributed by atoms with Crippen LogP contribution in [-0.4, -0.2) is 28.7 Å². The number of rotatable bonds is 3. The third-order valence-corrected chi connectivity index (χ3v) is 6.74. The number of halogens is 1. The average molecular weight is 420 g/mol. The van der Waals surface area contributed by atoms with E-state index in [1.807, 2.05) is 0 Å². The predicted molar refractivity (Wildman–Crippen MR) is 88.5 cm³/mol. The van der Waals surface area contributed by atoms with Gasteiger partial charge in [-0.25, -0.2) is 13.4 Å². The Morgan fingerprint density at radius 2 is 2.05 bits per heavy atom. The molecule has 0 amide bonds. The molecule has 0 unspecified atom stereocenters. The summed E-state index contributed by atoms with van der Waals surface area (Å²) in [6.45, 7) is 5.10. The molecule has 1 fully saturated rings. The molecule has 2 aromatic heterocycles. The van der Waals surface area contributed by atoms with E-state index in [0.717, 1.165) is 16.5 Å². The summed E-state index contributed by atoms with van der Waals surface area (Å²) in [6.07, 6.45) is 5.43. The van der Waals surface area contributed by atoms with Crippen molar-refractivity contribution in [2.24, 2.45) is 0 Å². The van der Waals surface area contributed by atoms with E-state index in [9.17, 15) is 8.42 Å². The summed E-state index contributed by atoms with van der Waals surface area (Å²) in [4.78, 5) is 4.51. The van der Waals surface area contributed by atoms with Gasteiger partial charge in [-0.15, -0.1) is 0 Å². The third-order valence-electron chi connectivity index (χ3n) is 3.44. The summed E-state index contributed by atoms with van der Waals surface area (Å²) in [5.41, 5.74) is 0.697. The molecular formula is C14H17IN2O3S. The van der Waals surface area contributed by atoms with Crippen molar-refractivity contribution in [3.05, 3.63) is 22.2 Å². The molecule has 2 heterocycles. The third kappa shape index (κ3) is 2.65. The molecule has 1 aliphatic rings. The van der Waals surface area contributed by atoms with E-state index >= 15 is 0 Å². The van der Waals surface area contributed by atoms with E-state index in [-0.39, 0.29) is 11.0 Å². The second kappa shape index (κ2) is 4.84. The van der Waals surface area contributed by atoms with Crippen LogP contribution in [0.5, 0.6) is 5.75 Å². The van der Waals surface area contributed by atoms with Crippen molar-refractivity contribution in [2.75, 3.05) is 0 Å². The molecule has 3 rings (SSSR count). The number of aromatic nitrogens is 2. The zero-order valence-corrected chi connectivity index (χ0v) is 15.1. The minimum atomic E-state index is -3.49. The van der Waals surface area contributed by atoms with Crippen LogP contribution >= 0.6 is 22.6 Å². The standard InChI is InChI=1S/C14H17IN2O3S/c1-14(2,3)21(18,19)11-8-17-12(15)7-16-13(17)6-10(11)20-9-4-5-9/h6-9H,4-5H2,1-3H3. The zero-order chi connectivity index (χ0) is 15.4. The van der Waals surface area contributed by atoms with Gasteiger partial charge in [0.2, 0.25) is 0 Å². The van der Waals surface area contributed by atoms with Gasteiger partial charge >= 0.3 is 0 Å². The maximum absolute atomic E-state index is 12.8. The SMILES string of the molecule is CC(C)(C)S(=O)(=O)c1cn2c(I)cnc2cc1OC1CC1. The second-order valence-electron chi connectivity index (χ2n) is 6.24. The molecule has 0 atom stereocenters. The lowest BCUT2D eigenvalue weighted by Crippen LogP contribution is -2.28. The Labute approximate surface area is 137 Å². The van der Waals surface area contributed by atoms with E-state index in [4.69, 9.17) is 4.74 Å². The Hall–Kier alpha value is -0.830. The van der Waals surface area contributed by atoms with Crippen molar-refractivity contribution >= 4 is 38.1 Å². The van der Waals surface area contributed by atoms with Crippen molar-refractivity contribution in [2.45, 2.75) is 49.4 Å². The van der Waals surface area contributed by atoms with Gasteiger partial charge in [-0.3, -0.25) is 4.40 Å². The van der Waals surface area contributed by atoms with Gasteiger partial charge in [0.25, 0.3) is 0 Å². The molecule has 21 heavy (non-hydrogen) atoms.